The molecule has 1 heterocycles. The number of nitrogens with zero attached hydrogens (tertiary/aromatic N) is 1. The Morgan fingerprint density at radius 1 is 1.37 bits per heavy atom. The van der Waals surface area contributed by atoms with Gasteiger partial charge < -0.3 is 4.90 Å². The Bertz CT molecular complexity index is 319. The predicted molar refractivity (Wildman–Crippen MR) is 78.7 cm³/mol. The van der Waals surface area contributed by atoms with E-state index in [4.69, 9.17) is 0 Å². The minimum Gasteiger partial charge on any atom is -0.325 e. The number of hydrogen-bond donors (Lipinski definition) is 1. The zero-order chi connectivity index (χ0) is 14.0. The summed E-state index contributed by atoms with van der Waals surface area (Å²) in [6, 6.07) is 0.0453. The average molecular weight is 266 g/mol. The molecule has 3 heteroatoms. The molecule has 2 rings (SSSR count). The second kappa shape index (κ2) is 5.82. The van der Waals surface area contributed by atoms with Crippen molar-refractivity contribution in [2.45, 2.75) is 78.4 Å². The minimum absolute atomic E-state index is 0.0453. The Balaban J connectivity index is 2.07. The molecule has 3 unspecified atom stereocenters. The van der Waals surface area contributed by atoms with Crippen LogP contribution in [0.1, 0.15) is 66.2 Å². The number of carbonyl (C=O) groups excluding carboxylic acids is 1. The summed E-state index contributed by atoms with van der Waals surface area (Å²) >= 11 is 0. The molecule has 1 amide bonds. The fourth-order valence-corrected chi connectivity index (χ4v) is 3.53. The van der Waals surface area contributed by atoms with Gasteiger partial charge in [0.2, 0.25) is 5.91 Å². The summed E-state index contributed by atoms with van der Waals surface area (Å²) in [4.78, 5) is 14.8. The third kappa shape index (κ3) is 2.67. The van der Waals surface area contributed by atoms with Crippen LogP contribution in [0.3, 0.4) is 0 Å². The van der Waals surface area contributed by atoms with Crippen LogP contribution in [-0.2, 0) is 4.79 Å². The van der Waals surface area contributed by atoms with E-state index < -0.39 is 0 Å². The normalized spacial score (nSPS) is 31.4. The molecule has 0 bridgehead atoms. The smallest absolute Gasteiger partial charge is 0.241 e. The Morgan fingerprint density at radius 3 is 2.47 bits per heavy atom. The van der Waals surface area contributed by atoms with E-state index in [1.54, 1.807) is 0 Å². The van der Waals surface area contributed by atoms with Crippen molar-refractivity contribution < 1.29 is 4.79 Å². The minimum atomic E-state index is 0.0453. The number of carbonyl (C=O) groups is 1. The molecule has 1 N–H and O–H groups in total. The van der Waals surface area contributed by atoms with Crippen molar-refractivity contribution >= 4 is 5.91 Å². The lowest BCUT2D eigenvalue weighted by Gasteiger charge is -2.45. The molecule has 0 aromatic carbocycles. The van der Waals surface area contributed by atoms with Gasteiger partial charge in [0.15, 0.2) is 0 Å². The SMILES string of the molecule is CCC(C)C1NC(CC)N(CC2(CC)CCC2)C1=O. The van der Waals surface area contributed by atoms with Gasteiger partial charge in [-0.15, -0.1) is 0 Å². The summed E-state index contributed by atoms with van der Waals surface area (Å²) in [5, 5.41) is 3.56. The standard InChI is InChI=1S/C16H30N2O/c1-5-12(4)14-15(19)18(13(6-2)17-14)11-16(7-3)9-8-10-16/h12-14,17H,5-11H2,1-4H3. The maximum atomic E-state index is 12.7. The van der Waals surface area contributed by atoms with Gasteiger partial charge in [0.1, 0.15) is 0 Å². The lowest BCUT2D eigenvalue weighted by molar-refractivity contribution is -0.133. The Hall–Kier alpha value is -0.570. The average Bonchev–Trinajstić information content (AvgIpc) is 2.69. The monoisotopic (exact) mass is 266 g/mol. The third-order valence-electron chi connectivity index (χ3n) is 5.57. The van der Waals surface area contributed by atoms with Crippen molar-refractivity contribution in [3.63, 3.8) is 0 Å². The van der Waals surface area contributed by atoms with Crippen LogP contribution in [0.25, 0.3) is 0 Å². The van der Waals surface area contributed by atoms with Crippen LogP contribution in [0.2, 0.25) is 0 Å². The number of amides is 1. The molecule has 2 fully saturated rings. The summed E-state index contributed by atoms with van der Waals surface area (Å²) < 4.78 is 0. The number of hydrogen-bond acceptors (Lipinski definition) is 2. The molecule has 0 aromatic heterocycles. The topological polar surface area (TPSA) is 32.3 Å². The fourth-order valence-electron chi connectivity index (χ4n) is 3.53. The van der Waals surface area contributed by atoms with E-state index >= 15 is 0 Å². The molecule has 3 nitrogen and oxygen atoms in total. The van der Waals surface area contributed by atoms with E-state index in [0.717, 1.165) is 19.4 Å². The van der Waals surface area contributed by atoms with Gasteiger partial charge in [-0.1, -0.05) is 40.5 Å². The zero-order valence-electron chi connectivity index (χ0n) is 13.0. The van der Waals surface area contributed by atoms with Gasteiger partial charge >= 0.3 is 0 Å². The molecule has 110 valence electrons. The second-order valence-electron chi connectivity index (χ2n) is 6.63. The van der Waals surface area contributed by atoms with E-state index in [9.17, 15) is 4.79 Å². The van der Waals surface area contributed by atoms with E-state index in [1.807, 2.05) is 0 Å². The largest absolute Gasteiger partial charge is 0.325 e. The highest BCUT2D eigenvalue weighted by Crippen LogP contribution is 2.45. The van der Waals surface area contributed by atoms with Crippen LogP contribution in [0.4, 0.5) is 0 Å². The molecule has 1 aliphatic carbocycles. The van der Waals surface area contributed by atoms with Crippen LogP contribution in [0, 0.1) is 11.3 Å². The lowest BCUT2D eigenvalue weighted by Crippen LogP contribution is -2.47. The molecule has 2 aliphatic rings. The summed E-state index contributed by atoms with van der Waals surface area (Å²) in [6.45, 7) is 9.78. The second-order valence-corrected chi connectivity index (χ2v) is 6.63. The molecule has 0 spiro atoms. The lowest BCUT2D eigenvalue weighted by atomic mass is 9.66. The van der Waals surface area contributed by atoms with Gasteiger partial charge in [-0.25, -0.2) is 0 Å². The summed E-state index contributed by atoms with van der Waals surface area (Å²) in [5.74, 6) is 0.784. The number of nitrogens with one attached hydrogen (secondary N) is 1. The van der Waals surface area contributed by atoms with Gasteiger partial charge in [0.25, 0.3) is 0 Å². The molecular weight excluding hydrogens is 236 g/mol. The van der Waals surface area contributed by atoms with Gasteiger partial charge in [0, 0.05) is 6.54 Å². The van der Waals surface area contributed by atoms with Crippen LogP contribution < -0.4 is 5.32 Å². The Kier molecular flexibility index (Phi) is 4.54. The van der Waals surface area contributed by atoms with Crippen molar-refractivity contribution in [1.82, 2.24) is 10.2 Å². The van der Waals surface area contributed by atoms with Crippen LogP contribution >= 0.6 is 0 Å². The van der Waals surface area contributed by atoms with Crippen LogP contribution in [-0.4, -0.2) is 29.6 Å². The highest BCUT2D eigenvalue weighted by Gasteiger charge is 2.45. The first-order chi connectivity index (χ1) is 9.06. The van der Waals surface area contributed by atoms with Gasteiger partial charge in [0.05, 0.1) is 12.2 Å². The summed E-state index contributed by atoms with van der Waals surface area (Å²) in [5.41, 5.74) is 0.426. The highest BCUT2D eigenvalue weighted by atomic mass is 16.2. The first-order valence-corrected chi connectivity index (χ1v) is 8.13. The molecule has 0 aromatic rings. The molecular formula is C16H30N2O. The molecule has 1 saturated heterocycles. The third-order valence-corrected chi connectivity index (χ3v) is 5.57. The maximum Gasteiger partial charge on any atom is 0.241 e. The van der Waals surface area contributed by atoms with Gasteiger partial charge in [-0.05, 0) is 37.0 Å². The van der Waals surface area contributed by atoms with Crippen molar-refractivity contribution in [3.05, 3.63) is 0 Å². The summed E-state index contributed by atoms with van der Waals surface area (Å²) in [7, 11) is 0. The molecule has 0 radical (unpaired) electrons. The van der Waals surface area contributed by atoms with Crippen molar-refractivity contribution in [2.24, 2.45) is 11.3 Å². The van der Waals surface area contributed by atoms with Crippen molar-refractivity contribution in [3.8, 4) is 0 Å². The zero-order valence-corrected chi connectivity index (χ0v) is 13.0. The van der Waals surface area contributed by atoms with E-state index in [1.165, 1.54) is 25.7 Å². The van der Waals surface area contributed by atoms with Crippen LogP contribution in [0.15, 0.2) is 0 Å². The molecule has 1 saturated carbocycles. The maximum absolute atomic E-state index is 12.7. The fraction of sp³-hybridized carbons (Fsp3) is 0.938. The highest BCUT2D eigenvalue weighted by molar-refractivity contribution is 5.84. The summed E-state index contributed by atoms with van der Waals surface area (Å²) in [6.07, 6.45) is 7.49. The number of rotatable bonds is 6. The molecule has 19 heavy (non-hydrogen) atoms. The van der Waals surface area contributed by atoms with Crippen molar-refractivity contribution in [2.75, 3.05) is 6.54 Å². The molecule has 3 atom stereocenters. The molecule has 1 aliphatic heterocycles. The van der Waals surface area contributed by atoms with Gasteiger partial charge in [-0.2, -0.15) is 0 Å². The predicted octanol–water partition coefficient (Wildman–Crippen LogP) is 3.15. The first kappa shape index (κ1) is 14.8. The van der Waals surface area contributed by atoms with Crippen molar-refractivity contribution in [1.29, 1.82) is 0 Å². The van der Waals surface area contributed by atoms with E-state index in [0.29, 0.717) is 17.2 Å². The van der Waals surface area contributed by atoms with E-state index in [-0.39, 0.29) is 12.2 Å². The van der Waals surface area contributed by atoms with Crippen LogP contribution in [0.5, 0.6) is 0 Å². The Labute approximate surface area is 118 Å². The van der Waals surface area contributed by atoms with Gasteiger partial charge in [-0.3, -0.25) is 10.1 Å². The van der Waals surface area contributed by atoms with E-state index in [2.05, 4.69) is 37.9 Å². The first-order valence-electron chi connectivity index (χ1n) is 8.13. The Morgan fingerprint density at radius 2 is 2.05 bits per heavy atom. The quantitative estimate of drug-likeness (QED) is 0.801.